The zero-order valence-electron chi connectivity index (χ0n) is 12.4. The molecule has 0 saturated heterocycles. The number of ether oxygens (including phenoxy) is 1. The third-order valence-corrected chi connectivity index (χ3v) is 3.26. The summed E-state index contributed by atoms with van der Waals surface area (Å²) in [7, 11) is 5.83. The molecule has 0 aliphatic rings. The Bertz CT molecular complexity index is 394. The van der Waals surface area contributed by atoms with Crippen molar-refractivity contribution >= 4 is 0 Å². The molecule has 1 rings (SSSR count). The van der Waals surface area contributed by atoms with E-state index in [-0.39, 0.29) is 11.5 Å². The number of rotatable bonds is 4. The van der Waals surface area contributed by atoms with Gasteiger partial charge in [-0.2, -0.15) is 0 Å². The van der Waals surface area contributed by atoms with Crippen molar-refractivity contribution in [3.8, 4) is 5.75 Å². The van der Waals surface area contributed by atoms with E-state index in [1.165, 1.54) is 11.1 Å². The maximum absolute atomic E-state index is 5.86. The summed E-state index contributed by atoms with van der Waals surface area (Å²) in [5.74, 6) is 0.945. The maximum Gasteiger partial charge on any atom is 0.122 e. The van der Waals surface area contributed by atoms with Gasteiger partial charge in [-0.25, -0.2) is 0 Å². The van der Waals surface area contributed by atoms with Crippen LogP contribution in [0.4, 0.5) is 0 Å². The fourth-order valence-electron chi connectivity index (χ4n) is 2.16. The number of hydrogen-bond acceptors (Lipinski definition) is 3. The number of likely N-dealkylation sites (N-methyl/N-ethyl adjacent to an activating group) is 1. The highest BCUT2D eigenvalue weighted by Gasteiger charge is 2.21. The Morgan fingerprint density at radius 2 is 1.89 bits per heavy atom. The van der Waals surface area contributed by atoms with Gasteiger partial charge in [-0.1, -0.05) is 26.8 Å². The van der Waals surface area contributed by atoms with E-state index in [2.05, 4.69) is 51.9 Å². The summed E-state index contributed by atoms with van der Waals surface area (Å²) in [6, 6.07) is 6.61. The monoisotopic (exact) mass is 250 g/mol. The molecular formula is C15H26N2O. The lowest BCUT2D eigenvalue weighted by Crippen LogP contribution is -2.27. The topological polar surface area (TPSA) is 38.5 Å². The highest BCUT2D eigenvalue weighted by molar-refractivity contribution is 5.42. The Morgan fingerprint density at radius 1 is 1.28 bits per heavy atom. The van der Waals surface area contributed by atoms with Gasteiger partial charge in [0.25, 0.3) is 0 Å². The summed E-state index contributed by atoms with van der Waals surface area (Å²) in [6.45, 7) is 7.20. The number of hydrogen-bond donors (Lipinski definition) is 1. The van der Waals surface area contributed by atoms with E-state index in [9.17, 15) is 0 Å². The van der Waals surface area contributed by atoms with Crippen LogP contribution < -0.4 is 10.5 Å². The second kappa shape index (κ2) is 5.72. The first-order valence-electron chi connectivity index (χ1n) is 6.36. The Morgan fingerprint density at radius 3 is 2.28 bits per heavy atom. The van der Waals surface area contributed by atoms with E-state index in [4.69, 9.17) is 10.5 Å². The van der Waals surface area contributed by atoms with Crippen molar-refractivity contribution in [2.45, 2.75) is 32.2 Å². The fourth-order valence-corrected chi connectivity index (χ4v) is 2.16. The first-order valence-corrected chi connectivity index (χ1v) is 6.36. The predicted octanol–water partition coefficient (Wildman–Crippen LogP) is 2.55. The molecule has 102 valence electrons. The predicted molar refractivity (Wildman–Crippen MR) is 77.2 cm³/mol. The standard InChI is InChI=1S/C15H26N2O/c1-15(2,3)12-9-11(7-8-14(12)18-6)13(10-16)17(4)5/h7-9,13H,10,16H2,1-6H3. The molecule has 0 amide bonds. The zero-order chi connectivity index (χ0) is 13.9. The second-order valence-electron chi connectivity index (χ2n) is 5.92. The molecular weight excluding hydrogens is 224 g/mol. The van der Waals surface area contributed by atoms with E-state index in [1.54, 1.807) is 7.11 Å². The fraction of sp³-hybridized carbons (Fsp3) is 0.600. The van der Waals surface area contributed by atoms with Gasteiger partial charge in [0.05, 0.1) is 7.11 Å². The molecule has 3 heteroatoms. The summed E-state index contributed by atoms with van der Waals surface area (Å²) in [4.78, 5) is 2.15. The van der Waals surface area contributed by atoms with Crippen LogP contribution in [-0.4, -0.2) is 32.6 Å². The molecule has 1 unspecified atom stereocenters. The molecule has 2 N–H and O–H groups in total. The third-order valence-electron chi connectivity index (χ3n) is 3.26. The van der Waals surface area contributed by atoms with Crippen molar-refractivity contribution in [3.63, 3.8) is 0 Å². The molecule has 18 heavy (non-hydrogen) atoms. The zero-order valence-corrected chi connectivity index (χ0v) is 12.4. The SMILES string of the molecule is COc1ccc(C(CN)N(C)C)cc1C(C)(C)C. The van der Waals surface area contributed by atoms with Crippen LogP contribution in [0.3, 0.4) is 0 Å². The van der Waals surface area contributed by atoms with Gasteiger partial charge in [-0.3, -0.25) is 0 Å². The molecule has 0 radical (unpaired) electrons. The van der Waals surface area contributed by atoms with E-state index in [0.29, 0.717) is 6.54 Å². The van der Waals surface area contributed by atoms with Crippen molar-refractivity contribution in [3.05, 3.63) is 29.3 Å². The minimum atomic E-state index is 0.0623. The van der Waals surface area contributed by atoms with E-state index in [0.717, 1.165) is 5.75 Å². The summed E-state index contributed by atoms with van der Waals surface area (Å²) in [5.41, 5.74) is 8.39. The van der Waals surface area contributed by atoms with Crippen molar-refractivity contribution in [1.82, 2.24) is 4.90 Å². The van der Waals surface area contributed by atoms with Gasteiger partial charge >= 0.3 is 0 Å². The van der Waals surface area contributed by atoms with Crippen LogP contribution in [0.2, 0.25) is 0 Å². The van der Waals surface area contributed by atoms with Crippen LogP contribution in [0, 0.1) is 0 Å². The summed E-state index contributed by atoms with van der Waals surface area (Å²) in [6.07, 6.45) is 0. The van der Waals surface area contributed by atoms with Crippen LogP contribution >= 0.6 is 0 Å². The molecule has 1 aromatic carbocycles. The van der Waals surface area contributed by atoms with E-state index < -0.39 is 0 Å². The molecule has 0 fully saturated rings. The van der Waals surface area contributed by atoms with Gasteiger partial charge in [0.1, 0.15) is 5.75 Å². The number of methoxy groups -OCH3 is 1. The summed E-state index contributed by atoms with van der Waals surface area (Å²) in [5, 5.41) is 0. The quantitative estimate of drug-likeness (QED) is 0.892. The largest absolute Gasteiger partial charge is 0.496 e. The minimum absolute atomic E-state index is 0.0623. The highest BCUT2D eigenvalue weighted by atomic mass is 16.5. The molecule has 0 aliphatic heterocycles. The van der Waals surface area contributed by atoms with Crippen molar-refractivity contribution in [2.75, 3.05) is 27.7 Å². The Hall–Kier alpha value is -1.06. The van der Waals surface area contributed by atoms with Crippen molar-refractivity contribution in [2.24, 2.45) is 5.73 Å². The summed E-state index contributed by atoms with van der Waals surface area (Å²) < 4.78 is 5.46. The van der Waals surface area contributed by atoms with Gasteiger partial charge < -0.3 is 15.4 Å². The van der Waals surface area contributed by atoms with Crippen LogP contribution in [0.15, 0.2) is 18.2 Å². The Labute approximate surface area is 111 Å². The van der Waals surface area contributed by atoms with Crippen molar-refractivity contribution in [1.29, 1.82) is 0 Å². The third kappa shape index (κ3) is 3.24. The first kappa shape index (κ1) is 15.0. The molecule has 0 bridgehead atoms. The summed E-state index contributed by atoms with van der Waals surface area (Å²) >= 11 is 0. The Balaban J connectivity index is 3.26. The molecule has 0 aromatic heterocycles. The molecule has 1 atom stereocenters. The molecule has 0 spiro atoms. The van der Waals surface area contributed by atoms with Crippen LogP contribution in [0.1, 0.15) is 37.9 Å². The number of nitrogens with two attached hydrogens (primary N) is 1. The van der Waals surface area contributed by atoms with Crippen molar-refractivity contribution < 1.29 is 4.74 Å². The average Bonchev–Trinajstić information content (AvgIpc) is 2.28. The first-order chi connectivity index (χ1) is 8.31. The highest BCUT2D eigenvalue weighted by Crippen LogP contribution is 2.33. The van der Waals surface area contributed by atoms with Crippen LogP contribution in [-0.2, 0) is 5.41 Å². The Kier molecular flexibility index (Phi) is 4.77. The van der Waals surface area contributed by atoms with E-state index >= 15 is 0 Å². The lowest BCUT2D eigenvalue weighted by atomic mass is 9.84. The molecule has 0 aliphatic carbocycles. The van der Waals surface area contributed by atoms with Crippen LogP contribution in [0.25, 0.3) is 0 Å². The molecule has 1 aromatic rings. The number of nitrogens with zero attached hydrogens (tertiary/aromatic N) is 1. The van der Waals surface area contributed by atoms with Gasteiger partial charge in [0, 0.05) is 12.6 Å². The normalized spacial score (nSPS) is 13.8. The second-order valence-corrected chi connectivity index (χ2v) is 5.92. The molecule has 3 nitrogen and oxygen atoms in total. The van der Waals surface area contributed by atoms with Crippen LogP contribution in [0.5, 0.6) is 5.75 Å². The average molecular weight is 250 g/mol. The van der Waals surface area contributed by atoms with Gasteiger partial charge in [-0.15, -0.1) is 0 Å². The number of benzene rings is 1. The smallest absolute Gasteiger partial charge is 0.122 e. The van der Waals surface area contributed by atoms with Gasteiger partial charge in [0.15, 0.2) is 0 Å². The van der Waals surface area contributed by atoms with Gasteiger partial charge in [0.2, 0.25) is 0 Å². The van der Waals surface area contributed by atoms with Gasteiger partial charge in [-0.05, 0) is 42.8 Å². The lowest BCUT2D eigenvalue weighted by molar-refractivity contribution is 0.305. The molecule has 0 heterocycles. The maximum atomic E-state index is 5.86. The lowest BCUT2D eigenvalue weighted by Gasteiger charge is -2.27. The minimum Gasteiger partial charge on any atom is -0.496 e. The molecule has 0 saturated carbocycles. The van der Waals surface area contributed by atoms with E-state index in [1.807, 2.05) is 6.07 Å².